The number of nitrogens with one attached hydrogen (secondary N) is 1. The summed E-state index contributed by atoms with van der Waals surface area (Å²) in [6, 6.07) is 5.41. The molecule has 0 radical (unpaired) electrons. The first-order valence-electron chi connectivity index (χ1n) is 7.61. The summed E-state index contributed by atoms with van der Waals surface area (Å²) in [4.78, 5) is 13.4. The van der Waals surface area contributed by atoms with Crippen LogP contribution in [0.5, 0.6) is 0 Å². The van der Waals surface area contributed by atoms with E-state index in [1.807, 2.05) is 6.07 Å². The number of amides is 1. The minimum Gasteiger partial charge on any atom is -0.360 e. The Morgan fingerprint density at radius 1 is 1.29 bits per heavy atom. The van der Waals surface area contributed by atoms with Crippen LogP contribution in [0.2, 0.25) is 0 Å². The Labute approximate surface area is 140 Å². The Morgan fingerprint density at radius 3 is 2.67 bits per heavy atom. The van der Waals surface area contributed by atoms with Crippen molar-refractivity contribution >= 4 is 21.6 Å². The number of fused-ring (bicyclic) bond motifs is 1. The number of hydrogen-bond donors (Lipinski definition) is 1. The lowest BCUT2D eigenvalue weighted by molar-refractivity contribution is -0.129. The number of anilines is 1. The second kappa shape index (κ2) is 5.94. The highest BCUT2D eigenvalue weighted by Gasteiger charge is 2.25. The molecule has 0 unspecified atom stereocenters. The van der Waals surface area contributed by atoms with E-state index in [0.29, 0.717) is 24.5 Å². The second-order valence-electron chi connectivity index (χ2n) is 5.93. The lowest BCUT2D eigenvalue weighted by atomic mass is 9.99. The van der Waals surface area contributed by atoms with Crippen LogP contribution in [0.15, 0.2) is 27.6 Å². The van der Waals surface area contributed by atoms with Crippen LogP contribution in [0, 0.1) is 13.8 Å². The second-order valence-corrected chi connectivity index (χ2v) is 7.55. The lowest BCUT2D eigenvalue weighted by Crippen LogP contribution is -2.34. The van der Waals surface area contributed by atoms with Crippen LogP contribution in [0.4, 0.5) is 5.69 Å². The standard InChI is InChI=1S/C16H19N3O4S/c1-10-16(11(2)23-17-10)24(21,22)18-15-5-4-13-6-7-19(12(3)20)9-14(13)8-15/h4-5,8,18H,6-7,9H2,1-3H3. The molecule has 1 N–H and O–H groups in total. The minimum atomic E-state index is -3.77. The first-order chi connectivity index (χ1) is 11.3. The summed E-state index contributed by atoms with van der Waals surface area (Å²) in [6.07, 6.45) is 0.770. The van der Waals surface area contributed by atoms with E-state index in [0.717, 1.165) is 17.5 Å². The molecule has 0 aliphatic carbocycles. The average molecular weight is 349 g/mol. The van der Waals surface area contributed by atoms with Crippen molar-refractivity contribution in [2.24, 2.45) is 0 Å². The Bertz CT molecular complexity index is 883. The third kappa shape index (κ3) is 3.01. The van der Waals surface area contributed by atoms with Gasteiger partial charge >= 0.3 is 0 Å². The molecule has 128 valence electrons. The van der Waals surface area contributed by atoms with Gasteiger partial charge in [0.2, 0.25) is 5.91 Å². The first-order valence-corrected chi connectivity index (χ1v) is 9.09. The molecule has 1 aromatic heterocycles. The molecule has 2 heterocycles. The van der Waals surface area contributed by atoms with Crippen molar-refractivity contribution in [3.05, 3.63) is 40.8 Å². The zero-order valence-electron chi connectivity index (χ0n) is 13.8. The van der Waals surface area contributed by atoms with Gasteiger partial charge in [0.05, 0.1) is 0 Å². The number of benzene rings is 1. The van der Waals surface area contributed by atoms with Gasteiger partial charge in [-0.05, 0) is 43.5 Å². The van der Waals surface area contributed by atoms with Crippen LogP contribution in [0.3, 0.4) is 0 Å². The lowest BCUT2D eigenvalue weighted by Gasteiger charge is -2.28. The highest BCUT2D eigenvalue weighted by Crippen LogP contribution is 2.26. The molecule has 1 aromatic carbocycles. The van der Waals surface area contributed by atoms with Crippen molar-refractivity contribution in [3.8, 4) is 0 Å². The van der Waals surface area contributed by atoms with E-state index in [9.17, 15) is 13.2 Å². The number of sulfonamides is 1. The van der Waals surface area contributed by atoms with Gasteiger partial charge in [0.15, 0.2) is 10.7 Å². The van der Waals surface area contributed by atoms with Crippen molar-refractivity contribution in [1.82, 2.24) is 10.1 Å². The number of carbonyl (C=O) groups is 1. The fraction of sp³-hybridized carbons (Fsp3) is 0.375. The summed E-state index contributed by atoms with van der Waals surface area (Å²) < 4.78 is 32.6. The van der Waals surface area contributed by atoms with Crippen molar-refractivity contribution in [1.29, 1.82) is 0 Å². The van der Waals surface area contributed by atoms with Crippen LogP contribution in [0.1, 0.15) is 29.5 Å². The van der Waals surface area contributed by atoms with Crippen LogP contribution in [0.25, 0.3) is 0 Å². The molecule has 3 rings (SSSR count). The number of aromatic nitrogens is 1. The molecule has 2 aromatic rings. The van der Waals surface area contributed by atoms with Gasteiger partial charge < -0.3 is 9.42 Å². The fourth-order valence-corrected chi connectivity index (χ4v) is 4.34. The van der Waals surface area contributed by atoms with E-state index in [1.165, 1.54) is 6.92 Å². The van der Waals surface area contributed by atoms with Crippen molar-refractivity contribution in [3.63, 3.8) is 0 Å². The van der Waals surface area contributed by atoms with E-state index in [1.54, 1.807) is 30.9 Å². The van der Waals surface area contributed by atoms with Gasteiger partial charge in [-0.1, -0.05) is 11.2 Å². The van der Waals surface area contributed by atoms with E-state index in [4.69, 9.17) is 4.52 Å². The van der Waals surface area contributed by atoms with Gasteiger partial charge in [0.1, 0.15) is 5.69 Å². The van der Waals surface area contributed by atoms with E-state index in [-0.39, 0.29) is 16.6 Å². The van der Waals surface area contributed by atoms with Crippen molar-refractivity contribution in [2.75, 3.05) is 11.3 Å². The monoisotopic (exact) mass is 349 g/mol. The van der Waals surface area contributed by atoms with Crippen molar-refractivity contribution < 1.29 is 17.7 Å². The predicted octanol–water partition coefficient (Wildman–Crippen LogP) is 2.00. The SMILES string of the molecule is CC(=O)N1CCc2ccc(NS(=O)(=O)c3c(C)noc3C)cc2C1. The normalized spacial score (nSPS) is 14.4. The quantitative estimate of drug-likeness (QED) is 0.915. The van der Waals surface area contributed by atoms with Crippen LogP contribution < -0.4 is 4.72 Å². The molecule has 0 bridgehead atoms. The molecular formula is C16H19N3O4S. The van der Waals surface area contributed by atoms with Crippen LogP contribution in [-0.4, -0.2) is 30.9 Å². The van der Waals surface area contributed by atoms with Crippen LogP contribution in [-0.2, 0) is 27.8 Å². The Balaban J connectivity index is 1.89. The molecule has 0 spiro atoms. The van der Waals surface area contributed by atoms with Gasteiger partial charge in [-0.15, -0.1) is 0 Å². The van der Waals surface area contributed by atoms with Gasteiger partial charge in [0.25, 0.3) is 10.0 Å². The minimum absolute atomic E-state index is 0.0161. The topological polar surface area (TPSA) is 92.5 Å². The van der Waals surface area contributed by atoms with Crippen LogP contribution >= 0.6 is 0 Å². The summed E-state index contributed by atoms with van der Waals surface area (Å²) in [5, 5.41) is 3.69. The summed E-state index contributed by atoms with van der Waals surface area (Å²) in [6.45, 7) is 5.86. The smallest absolute Gasteiger partial charge is 0.267 e. The maximum atomic E-state index is 12.6. The summed E-state index contributed by atoms with van der Waals surface area (Å²) in [5.74, 6) is 0.267. The molecule has 0 atom stereocenters. The molecule has 8 heteroatoms. The molecule has 1 aliphatic rings. The third-order valence-corrected chi connectivity index (χ3v) is 5.78. The molecule has 1 amide bonds. The average Bonchev–Trinajstić information content (AvgIpc) is 2.85. The number of carbonyl (C=O) groups excluding carboxylic acids is 1. The van der Waals surface area contributed by atoms with Gasteiger partial charge in [-0.25, -0.2) is 8.42 Å². The molecular weight excluding hydrogens is 330 g/mol. The molecule has 0 fully saturated rings. The van der Waals surface area contributed by atoms with Gasteiger partial charge in [0, 0.05) is 25.7 Å². The maximum absolute atomic E-state index is 12.6. The van der Waals surface area contributed by atoms with E-state index >= 15 is 0 Å². The number of rotatable bonds is 3. The fourth-order valence-electron chi connectivity index (χ4n) is 2.95. The summed E-state index contributed by atoms with van der Waals surface area (Å²) in [7, 11) is -3.77. The summed E-state index contributed by atoms with van der Waals surface area (Å²) in [5.41, 5.74) is 2.86. The Kier molecular flexibility index (Phi) is 4.08. The van der Waals surface area contributed by atoms with Gasteiger partial charge in [-0.3, -0.25) is 9.52 Å². The highest BCUT2D eigenvalue weighted by molar-refractivity contribution is 7.92. The Hall–Kier alpha value is -2.35. The summed E-state index contributed by atoms with van der Waals surface area (Å²) >= 11 is 0. The predicted molar refractivity (Wildman–Crippen MR) is 88.0 cm³/mol. The third-order valence-electron chi connectivity index (χ3n) is 4.15. The zero-order valence-corrected chi connectivity index (χ0v) is 14.6. The zero-order chi connectivity index (χ0) is 17.5. The largest absolute Gasteiger partial charge is 0.360 e. The first kappa shape index (κ1) is 16.5. The molecule has 0 saturated heterocycles. The van der Waals surface area contributed by atoms with Crippen molar-refractivity contribution in [2.45, 2.75) is 38.6 Å². The Morgan fingerprint density at radius 2 is 2.04 bits per heavy atom. The van der Waals surface area contributed by atoms with Gasteiger partial charge in [-0.2, -0.15) is 0 Å². The molecule has 24 heavy (non-hydrogen) atoms. The molecule has 7 nitrogen and oxygen atoms in total. The molecule has 0 saturated carbocycles. The number of nitrogens with zero attached hydrogens (tertiary/aromatic N) is 2. The number of hydrogen-bond acceptors (Lipinski definition) is 5. The maximum Gasteiger partial charge on any atom is 0.267 e. The number of aryl methyl sites for hydroxylation is 2. The van der Waals surface area contributed by atoms with E-state index in [2.05, 4.69) is 9.88 Å². The van der Waals surface area contributed by atoms with E-state index < -0.39 is 10.0 Å². The molecule has 1 aliphatic heterocycles. The highest BCUT2D eigenvalue weighted by atomic mass is 32.2.